The van der Waals surface area contributed by atoms with Crippen molar-refractivity contribution in [3.63, 3.8) is 0 Å². The highest BCUT2D eigenvalue weighted by Crippen LogP contribution is 2.33. The molecule has 2 aromatic carbocycles. The molecule has 1 aromatic heterocycles. The van der Waals surface area contributed by atoms with Gasteiger partial charge in [0.05, 0.1) is 11.0 Å². The Kier molecular flexibility index (Phi) is 6.70. The van der Waals surface area contributed by atoms with Crippen LogP contribution in [-0.2, 0) is 23.3 Å². The molecule has 6 nitrogen and oxygen atoms in total. The summed E-state index contributed by atoms with van der Waals surface area (Å²) in [6.45, 7) is 4.54. The number of carbonyl (C=O) groups excluding carboxylic acids is 2. The standard InChI is InChI=1S/C26H27ClN4O2S/c27-23-12-11-22(34-23)18-29-13-15-30(16-14-29)19-31-24(32)26(28-25(31)33,21-9-5-2-6-10-21)17-20-7-3-1-4-8-20/h1-12H,13-19H2,(H,28,33)/t26-/m1/s1. The van der Waals surface area contributed by atoms with Crippen LogP contribution in [-0.4, -0.2) is 59.5 Å². The first-order valence-electron chi connectivity index (χ1n) is 11.5. The molecule has 2 aliphatic heterocycles. The predicted octanol–water partition coefficient (Wildman–Crippen LogP) is 4.17. The van der Waals surface area contributed by atoms with Crippen LogP contribution in [0.2, 0.25) is 4.34 Å². The van der Waals surface area contributed by atoms with Crippen LogP contribution >= 0.6 is 22.9 Å². The number of halogens is 1. The lowest BCUT2D eigenvalue weighted by molar-refractivity contribution is -0.133. The minimum atomic E-state index is -1.10. The predicted molar refractivity (Wildman–Crippen MR) is 135 cm³/mol. The van der Waals surface area contributed by atoms with Gasteiger partial charge in [0.25, 0.3) is 5.91 Å². The van der Waals surface area contributed by atoms with Gasteiger partial charge in [0, 0.05) is 44.0 Å². The number of nitrogens with zero attached hydrogens (tertiary/aromatic N) is 3. The van der Waals surface area contributed by atoms with Gasteiger partial charge >= 0.3 is 6.03 Å². The van der Waals surface area contributed by atoms with Crippen molar-refractivity contribution < 1.29 is 9.59 Å². The number of urea groups is 1. The number of rotatable bonds is 7. The summed E-state index contributed by atoms with van der Waals surface area (Å²) in [4.78, 5) is 34.1. The van der Waals surface area contributed by atoms with Crippen LogP contribution in [0.1, 0.15) is 16.0 Å². The van der Waals surface area contributed by atoms with Crippen molar-refractivity contribution in [2.45, 2.75) is 18.5 Å². The Balaban J connectivity index is 1.29. The highest BCUT2D eigenvalue weighted by atomic mass is 35.5. The van der Waals surface area contributed by atoms with Gasteiger partial charge in [-0.15, -0.1) is 11.3 Å². The molecule has 34 heavy (non-hydrogen) atoms. The summed E-state index contributed by atoms with van der Waals surface area (Å²) < 4.78 is 0.810. The summed E-state index contributed by atoms with van der Waals surface area (Å²) >= 11 is 7.67. The van der Waals surface area contributed by atoms with E-state index in [-0.39, 0.29) is 11.9 Å². The third-order valence-electron chi connectivity index (χ3n) is 6.57. The zero-order valence-corrected chi connectivity index (χ0v) is 20.4. The second-order valence-electron chi connectivity index (χ2n) is 8.84. The topological polar surface area (TPSA) is 55.9 Å². The summed E-state index contributed by atoms with van der Waals surface area (Å²) in [5.41, 5.74) is 0.711. The first-order chi connectivity index (χ1) is 16.5. The van der Waals surface area contributed by atoms with Crippen molar-refractivity contribution in [1.82, 2.24) is 20.0 Å². The Morgan fingerprint density at radius 1 is 0.853 bits per heavy atom. The van der Waals surface area contributed by atoms with Crippen LogP contribution in [0.4, 0.5) is 4.79 Å². The van der Waals surface area contributed by atoms with Crippen LogP contribution in [0.5, 0.6) is 0 Å². The number of benzene rings is 2. The molecule has 1 atom stereocenters. The summed E-state index contributed by atoms with van der Waals surface area (Å²) in [6.07, 6.45) is 0.413. The normalized spacial score (nSPS) is 21.7. The molecular weight excluding hydrogens is 468 g/mol. The van der Waals surface area contributed by atoms with Crippen molar-refractivity contribution in [3.05, 3.63) is 93.1 Å². The summed E-state index contributed by atoms with van der Waals surface area (Å²) in [7, 11) is 0. The van der Waals surface area contributed by atoms with Gasteiger partial charge < -0.3 is 5.32 Å². The van der Waals surface area contributed by atoms with E-state index >= 15 is 0 Å². The lowest BCUT2D eigenvalue weighted by Gasteiger charge is -2.36. The van der Waals surface area contributed by atoms with Crippen LogP contribution in [0.25, 0.3) is 0 Å². The largest absolute Gasteiger partial charge is 0.326 e. The van der Waals surface area contributed by atoms with Gasteiger partial charge in [0.15, 0.2) is 5.54 Å². The Morgan fingerprint density at radius 2 is 1.50 bits per heavy atom. The highest BCUT2D eigenvalue weighted by Gasteiger charge is 2.52. The molecule has 176 valence electrons. The van der Waals surface area contributed by atoms with E-state index in [0.717, 1.165) is 48.2 Å². The van der Waals surface area contributed by atoms with Crippen molar-refractivity contribution >= 4 is 34.9 Å². The molecule has 5 rings (SSSR count). The Bertz CT molecular complexity index is 1150. The van der Waals surface area contributed by atoms with Crippen LogP contribution in [0.15, 0.2) is 72.8 Å². The van der Waals surface area contributed by atoms with E-state index in [2.05, 4.69) is 21.2 Å². The van der Waals surface area contributed by atoms with Gasteiger partial charge in [-0.1, -0.05) is 72.3 Å². The molecule has 0 spiro atoms. The lowest BCUT2D eigenvalue weighted by atomic mass is 9.83. The molecule has 2 fully saturated rings. The molecule has 0 bridgehead atoms. The number of carbonyl (C=O) groups is 2. The molecule has 2 saturated heterocycles. The van der Waals surface area contributed by atoms with Gasteiger partial charge in [-0.25, -0.2) is 9.69 Å². The minimum Gasteiger partial charge on any atom is -0.319 e. The molecule has 3 amide bonds. The van der Waals surface area contributed by atoms with Gasteiger partial charge in [-0.2, -0.15) is 0 Å². The van der Waals surface area contributed by atoms with E-state index in [1.54, 1.807) is 11.3 Å². The summed E-state index contributed by atoms with van der Waals surface area (Å²) in [5, 5.41) is 3.05. The van der Waals surface area contributed by atoms with Gasteiger partial charge in [-0.3, -0.25) is 14.6 Å². The zero-order chi connectivity index (χ0) is 23.5. The van der Waals surface area contributed by atoms with Gasteiger partial charge in [0.2, 0.25) is 0 Å². The quantitative estimate of drug-likeness (QED) is 0.501. The van der Waals surface area contributed by atoms with Gasteiger partial charge in [0.1, 0.15) is 0 Å². The van der Waals surface area contributed by atoms with Crippen molar-refractivity contribution in [2.24, 2.45) is 0 Å². The first kappa shape index (κ1) is 23.1. The summed E-state index contributed by atoms with van der Waals surface area (Å²) in [5.74, 6) is -0.191. The van der Waals surface area contributed by atoms with E-state index in [1.165, 1.54) is 9.78 Å². The Morgan fingerprint density at radius 3 is 2.15 bits per heavy atom. The van der Waals surface area contributed by atoms with Crippen LogP contribution in [0.3, 0.4) is 0 Å². The van der Waals surface area contributed by atoms with E-state index in [0.29, 0.717) is 13.1 Å². The van der Waals surface area contributed by atoms with Gasteiger partial charge in [-0.05, 0) is 23.3 Å². The molecule has 2 aliphatic rings. The number of piperazine rings is 1. The number of hydrogen-bond acceptors (Lipinski definition) is 5. The van der Waals surface area contributed by atoms with E-state index in [1.807, 2.05) is 66.7 Å². The third-order valence-corrected chi connectivity index (χ3v) is 7.78. The highest BCUT2D eigenvalue weighted by molar-refractivity contribution is 7.16. The van der Waals surface area contributed by atoms with Crippen molar-refractivity contribution in [1.29, 1.82) is 0 Å². The number of imide groups is 1. The average molecular weight is 495 g/mol. The molecule has 3 aromatic rings. The monoisotopic (exact) mass is 494 g/mol. The van der Waals surface area contributed by atoms with E-state index in [4.69, 9.17) is 11.6 Å². The Labute approximate surface area is 208 Å². The zero-order valence-electron chi connectivity index (χ0n) is 18.8. The second-order valence-corrected chi connectivity index (χ2v) is 10.6. The molecule has 3 heterocycles. The maximum Gasteiger partial charge on any atom is 0.326 e. The summed E-state index contributed by atoms with van der Waals surface area (Å²) in [6, 6.07) is 23.1. The lowest BCUT2D eigenvalue weighted by Crippen LogP contribution is -2.51. The average Bonchev–Trinajstić information content (AvgIpc) is 3.37. The molecule has 1 N–H and O–H groups in total. The SMILES string of the molecule is O=C1N[C@](Cc2ccccc2)(c2ccccc2)C(=O)N1CN1CCN(Cc2ccc(Cl)s2)CC1. The Hall–Kier alpha value is -2.71. The molecule has 8 heteroatoms. The number of thiophene rings is 1. The number of hydrogen-bond donors (Lipinski definition) is 1. The molecule has 0 saturated carbocycles. The third kappa shape index (κ3) is 4.74. The minimum absolute atomic E-state index is 0.191. The molecule has 0 unspecified atom stereocenters. The molecular formula is C26H27ClN4O2S. The smallest absolute Gasteiger partial charge is 0.319 e. The number of nitrogens with one attached hydrogen (secondary N) is 1. The van der Waals surface area contributed by atoms with Crippen LogP contribution in [0, 0.1) is 0 Å². The van der Waals surface area contributed by atoms with Crippen LogP contribution < -0.4 is 5.32 Å². The van der Waals surface area contributed by atoms with E-state index in [9.17, 15) is 9.59 Å². The van der Waals surface area contributed by atoms with E-state index < -0.39 is 5.54 Å². The van der Waals surface area contributed by atoms with Crippen molar-refractivity contribution in [2.75, 3.05) is 32.8 Å². The fourth-order valence-corrected chi connectivity index (χ4v) is 5.87. The van der Waals surface area contributed by atoms with Crippen molar-refractivity contribution in [3.8, 4) is 0 Å². The molecule has 0 aliphatic carbocycles. The maximum atomic E-state index is 13.8. The fraction of sp³-hybridized carbons (Fsp3) is 0.308. The fourth-order valence-electron chi connectivity index (χ4n) is 4.74. The first-order valence-corrected chi connectivity index (χ1v) is 12.7. The second kappa shape index (κ2) is 9.88. The maximum absolute atomic E-state index is 13.8. The number of amides is 3. The molecule has 0 radical (unpaired) electrons.